The third kappa shape index (κ3) is 4.63. The molecule has 0 spiro atoms. The Morgan fingerprint density at radius 2 is 2.00 bits per heavy atom. The van der Waals surface area contributed by atoms with Crippen LogP contribution in [0.5, 0.6) is 0 Å². The van der Waals surface area contributed by atoms with Crippen LogP contribution in [0.2, 0.25) is 0 Å². The second-order valence-corrected chi connectivity index (χ2v) is 6.47. The molecule has 1 aromatic carbocycles. The number of hydrogen-bond donors (Lipinski definition) is 2. The Morgan fingerprint density at radius 1 is 1.28 bits per heavy atom. The second-order valence-electron chi connectivity index (χ2n) is 6.47. The van der Waals surface area contributed by atoms with Crippen molar-refractivity contribution >= 4 is 5.91 Å². The molecule has 1 heterocycles. The van der Waals surface area contributed by atoms with Crippen molar-refractivity contribution < 1.29 is 13.7 Å². The zero-order valence-corrected chi connectivity index (χ0v) is 14.1. The summed E-state index contributed by atoms with van der Waals surface area (Å²) in [5.74, 6) is -0.0443. The monoisotopic (exact) mass is 346 g/mol. The molecule has 1 aliphatic rings. The van der Waals surface area contributed by atoms with Crippen molar-refractivity contribution in [1.29, 1.82) is 0 Å². The summed E-state index contributed by atoms with van der Waals surface area (Å²) in [6, 6.07) is 6.28. The summed E-state index contributed by atoms with van der Waals surface area (Å²) in [5, 5.41) is 6.92. The predicted octanol–water partition coefficient (Wildman–Crippen LogP) is 2.29. The number of carbonyl (C=O) groups excluding carboxylic acids is 1. The van der Waals surface area contributed by atoms with Gasteiger partial charge in [0.2, 0.25) is 11.8 Å². The molecule has 1 fully saturated rings. The average molecular weight is 346 g/mol. The molecule has 1 atom stereocenters. The lowest BCUT2D eigenvalue weighted by molar-refractivity contribution is -0.121. The van der Waals surface area contributed by atoms with Gasteiger partial charge in [-0.15, -0.1) is 0 Å². The van der Waals surface area contributed by atoms with Gasteiger partial charge in [0, 0.05) is 12.6 Å². The zero-order valence-electron chi connectivity index (χ0n) is 14.1. The summed E-state index contributed by atoms with van der Waals surface area (Å²) in [6.45, 7) is 0.252. The SMILES string of the molecule is NCC(c1ccc(F)cc1)c1nc(CC(=O)NC2CCCCC2)no1. The number of amides is 1. The molecular formula is C18H23FN4O2. The molecule has 0 bridgehead atoms. The van der Waals surface area contributed by atoms with Crippen LogP contribution in [0.3, 0.4) is 0 Å². The van der Waals surface area contributed by atoms with Gasteiger partial charge < -0.3 is 15.6 Å². The van der Waals surface area contributed by atoms with Gasteiger partial charge in [0.25, 0.3) is 0 Å². The van der Waals surface area contributed by atoms with Gasteiger partial charge in [-0.05, 0) is 30.5 Å². The van der Waals surface area contributed by atoms with E-state index in [1.165, 1.54) is 18.6 Å². The third-order valence-corrected chi connectivity index (χ3v) is 4.58. The van der Waals surface area contributed by atoms with Gasteiger partial charge in [0.1, 0.15) is 5.82 Å². The van der Waals surface area contributed by atoms with E-state index in [2.05, 4.69) is 15.5 Å². The maximum atomic E-state index is 13.1. The van der Waals surface area contributed by atoms with E-state index in [0.717, 1.165) is 31.2 Å². The maximum absolute atomic E-state index is 13.1. The van der Waals surface area contributed by atoms with E-state index >= 15 is 0 Å². The van der Waals surface area contributed by atoms with Gasteiger partial charge in [-0.1, -0.05) is 36.6 Å². The molecule has 1 saturated carbocycles. The largest absolute Gasteiger partial charge is 0.353 e. The topological polar surface area (TPSA) is 94.0 Å². The number of carbonyl (C=O) groups is 1. The van der Waals surface area contributed by atoms with Crippen molar-refractivity contribution in [3.8, 4) is 0 Å². The van der Waals surface area contributed by atoms with E-state index in [4.69, 9.17) is 10.3 Å². The number of aromatic nitrogens is 2. The minimum absolute atomic E-state index is 0.0840. The van der Waals surface area contributed by atoms with E-state index < -0.39 is 0 Å². The van der Waals surface area contributed by atoms with Crippen molar-refractivity contribution in [2.45, 2.75) is 50.5 Å². The highest BCUT2D eigenvalue weighted by Crippen LogP contribution is 2.22. The number of nitrogens with two attached hydrogens (primary N) is 1. The Hall–Kier alpha value is -2.28. The molecule has 0 radical (unpaired) electrons. The number of nitrogens with zero attached hydrogens (tertiary/aromatic N) is 2. The summed E-state index contributed by atoms with van der Waals surface area (Å²) < 4.78 is 18.3. The number of nitrogens with one attached hydrogen (secondary N) is 1. The first kappa shape index (κ1) is 17.5. The predicted molar refractivity (Wildman–Crippen MR) is 90.3 cm³/mol. The summed E-state index contributed by atoms with van der Waals surface area (Å²) in [4.78, 5) is 16.4. The molecule has 1 aromatic heterocycles. The van der Waals surface area contributed by atoms with Crippen molar-refractivity contribution in [3.05, 3.63) is 47.4 Å². The highest BCUT2D eigenvalue weighted by Gasteiger charge is 2.22. The van der Waals surface area contributed by atoms with E-state index in [0.29, 0.717) is 11.7 Å². The molecular weight excluding hydrogens is 323 g/mol. The van der Waals surface area contributed by atoms with Gasteiger partial charge in [0.05, 0.1) is 12.3 Å². The summed E-state index contributed by atoms with van der Waals surface area (Å²) >= 11 is 0. The fraction of sp³-hybridized carbons (Fsp3) is 0.500. The standard InChI is InChI=1S/C18H23FN4O2/c19-13-8-6-12(7-9-13)15(11-20)18-22-16(23-25-18)10-17(24)21-14-4-2-1-3-5-14/h6-9,14-15H,1-5,10-11,20H2,(H,21,24). The summed E-state index contributed by atoms with van der Waals surface area (Å²) in [7, 11) is 0. The van der Waals surface area contributed by atoms with Crippen molar-refractivity contribution in [2.24, 2.45) is 5.73 Å². The molecule has 3 rings (SSSR count). The van der Waals surface area contributed by atoms with Crippen LogP contribution in [0.4, 0.5) is 4.39 Å². The number of halogens is 1. The van der Waals surface area contributed by atoms with E-state index in [1.807, 2.05) is 0 Å². The molecule has 6 nitrogen and oxygen atoms in total. The van der Waals surface area contributed by atoms with E-state index in [1.54, 1.807) is 12.1 Å². The lowest BCUT2D eigenvalue weighted by Crippen LogP contribution is -2.37. The summed E-state index contributed by atoms with van der Waals surface area (Å²) in [6.07, 6.45) is 5.71. The quantitative estimate of drug-likeness (QED) is 0.837. The van der Waals surface area contributed by atoms with Crippen LogP contribution in [0.1, 0.15) is 55.3 Å². The molecule has 7 heteroatoms. The van der Waals surface area contributed by atoms with Gasteiger partial charge in [-0.2, -0.15) is 4.98 Å². The molecule has 134 valence electrons. The van der Waals surface area contributed by atoms with Crippen molar-refractivity contribution in [1.82, 2.24) is 15.5 Å². The number of rotatable bonds is 6. The maximum Gasteiger partial charge on any atom is 0.235 e. The first-order valence-corrected chi connectivity index (χ1v) is 8.73. The fourth-order valence-electron chi connectivity index (χ4n) is 3.22. The first-order valence-electron chi connectivity index (χ1n) is 8.73. The minimum Gasteiger partial charge on any atom is -0.353 e. The Bertz CT molecular complexity index is 695. The third-order valence-electron chi connectivity index (χ3n) is 4.58. The minimum atomic E-state index is -0.316. The Kier molecular flexibility index (Phi) is 5.75. The first-order chi connectivity index (χ1) is 12.2. The zero-order chi connectivity index (χ0) is 17.6. The number of hydrogen-bond acceptors (Lipinski definition) is 5. The Labute approximate surface area is 146 Å². The van der Waals surface area contributed by atoms with E-state index in [-0.39, 0.29) is 36.6 Å². The van der Waals surface area contributed by atoms with Crippen LogP contribution in [0, 0.1) is 5.82 Å². The molecule has 25 heavy (non-hydrogen) atoms. The van der Waals surface area contributed by atoms with Crippen LogP contribution >= 0.6 is 0 Å². The van der Waals surface area contributed by atoms with Gasteiger partial charge >= 0.3 is 0 Å². The normalized spacial score (nSPS) is 16.6. The lowest BCUT2D eigenvalue weighted by Gasteiger charge is -2.22. The molecule has 0 aliphatic heterocycles. The highest BCUT2D eigenvalue weighted by molar-refractivity contribution is 5.78. The molecule has 3 N–H and O–H groups in total. The van der Waals surface area contributed by atoms with Crippen LogP contribution in [0.15, 0.2) is 28.8 Å². The van der Waals surface area contributed by atoms with Crippen LogP contribution in [0.25, 0.3) is 0 Å². The van der Waals surface area contributed by atoms with Crippen molar-refractivity contribution in [3.63, 3.8) is 0 Å². The lowest BCUT2D eigenvalue weighted by atomic mass is 9.95. The van der Waals surface area contributed by atoms with Crippen LogP contribution in [-0.4, -0.2) is 28.6 Å². The van der Waals surface area contributed by atoms with Gasteiger partial charge in [-0.25, -0.2) is 4.39 Å². The fourth-order valence-corrected chi connectivity index (χ4v) is 3.22. The van der Waals surface area contributed by atoms with E-state index in [9.17, 15) is 9.18 Å². The number of benzene rings is 1. The van der Waals surface area contributed by atoms with Crippen molar-refractivity contribution in [2.75, 3.05) is 6.54 Å². The highest BCUT2D eigenvalue weighted by atomic mass is 19.1. The molecule has 1 unspecified atom stereocenters. The average Bonchev–Trinajstić information content (AvgIpc) is 3.06. The molecule has 2 aromatic rings. The van der Waals surface area contributed by atoms with Gasteiger partial charge in [-0.3, -0.25) is 4.79 Å². The Balaban J connectivity index is 1.62. The second kappa shape index (κ2) is 8.20. The van der Waals surface area contributed by atoms with Crippen LogP contribution in [-0.2, 0) is 11.2 Å². The Morgan fingerprint density at radius 3 is 2.68 bits per heavy atom. The smallest absolute Gasteiger partial charge is 0.235 e. The van der Waals surface area contributed by atoms with Gasteiger partial charge in [0.15, 0.2) is 5.82 Å². The molecule has 1 amide bonds. The summed E-state index contributed by atoms with van der Waals surface area (Å²) in [5.41, 5.74) is 6.61. The van der Waals surface area contributed by atoms with Crippen LogP contribution < -0.4 is 11.1 Å². The molecule has 1 aliphatic carbocycles. The molecule has 0 saturated heterocycles.